The maximum Gasteiger partial charge on any atom is 0.335 e. The Labute approximate surface area is 111 Å². The Hall–Kier alpha value is -2.17. The lowest BCUT2D eigenvalue weighted by atomic mass is 9.88. The van der Waals surface area contributed by atoms with Crippen LogP contribution in [0, 0.1) is 19.3 Å². The fourth-order valence-corrected chi connectivity index (χ4v) is 1.88. The highest BCUT2D eigenvalue weighted by Crippen LogP contribution is 2.28. The van der Waals surface area contributed by atoms with E-state index in [0.29, 0.717) is 5.69 Å². The Morgan fingerprint density at radius 3 is 2.26 bits per heavy atom. The van der Waals surface area contributed by atoms with Crippen molar-refractivity contribution in [2.24, 2.45) is 5.41 Å². The third-order valence-electron chi connectivity index (χ3n) is 3.48. The molecule has 1 aliphatic heterocycles. The summed E-state index contributed by atoms with van der Waals surface area (Å²) in [6, 6.07) is 4.61. The zero-order valence-corrected chi connectivity index (χ0v) is 11.4. The van der Waals surface area contributed by atoms with Crippen molar-refractivity contribution in [2.75, 3.05) is 4.90 Å². The second-order valence-electron chi connectivity index (χ2n) is 5.29. The number of nitrogens with one attached hydrogen (secondary N) is 1. The zero-order valence-electron chi connectivity index (χ0n) is 11.4. The first-order valence-electron chi connectivity index (χ1n) is 6.02. The highest BCUT2D eigenvalue weighted by Gasteiger charge is 2.47. The summed E-state index contributed by atoms with van der Waals surface area (Å²) in [4.78, 5) is 36.9. The molecule has 0 aliphatic carbocycles. The predicted octanol–water partition coefficient (Wildman–Crippen LogP) is 1.91. The van der Waals surface area contributed by atoms with Gasteiger partial charge in [0.05, 0.1) is 5.69 Å². The van der Waals surface area contributed by atoms with E-state index in [0.717, 1.165) is 16.0 Å². The Morgan fingerprint density at radius 2 is 1.68 bits per heavy atom. The molecule has 0 aromatic heterocycles. The van der Waals surface area contributed by atoms with Crippen molar-refractivity contribution >= 4 is 23.5 Å². The molecule has 0 saturated carbocycles. The molecule has 19 heavy (non-hydrogen) atoms. The number of amides is 4. The third-order valence-corrected chi connectivity index (χ3v) is 3.48. The summed E-state index contributed by atoms with van der Waals surface area (Å²) in [7, 11) is 0. The monoisotopic (exact) mass is 260 g/mol. The molecule has 0 radical (unpaired) electrons. The molecule has 0 bridgehead atoms. The van der Waals surface area contributed by atoms with Gasteiger partial charge in [-0.15, -0.1) is 0 Å². The quantitative estimate of drug-likeness (QED) is 0.784. The van der Waals surface area contributed by atoms with E-state index in [1.54, 1.807) is 12.1 Å². The number of aryl methyl sites for hydroxylation is 2. The van der Waals surface area contributed by atoms with Crippen LogP contribution >= 0.6 is 0 Å². The number of anilines is 1. The van der Waals surface area contributed by atoms with Crippen molar-refractivity contribution in [1.82, 2.24) is 5.32 Å². The van der Waals surface area contributed by atoms with Gasteiger partial charge in [-0.2, -0.15) is 0 Å². The Kier molecular flexibility index (Phi) is 2.92. The van der Waals surface area contributed by atoms with Gasteiger partial charge in [-0.3, -0.25) is 14.9 Å². The maximum atomic E-state index is 12.3. The van der Waals surface area contributed by atoms with E-state index < -0.39 is 23.3 Å². The Morgan fingerprint density at radius 1 is 1.05 bits per heavy atom. The first-order chi connectivity index (χ1) is 8.75. The number of carbonyl (C=O) groups is 3. The van der Waals surface area contributed by atoms with Crippen molar-refractivity contribution in [1.29, 1.82) is 0 Å². The number of hydrogen-bond donors (Lipinski definition) is 1. The van der Waals surface area contributed by atoms with Crippen molar-refractivity contribution in [3.8, 4) is 0 Å². The van der Waals surface area contributed by atoms with Gasteiger partial charge in [0.15, 0.2) is 0 Å². The van der Waals surface area contributed by atoms with Gasteiger partial charge in [-0.25, -0.2) is 9.69 Å². The van der Waals surface area contributed by atoms with E-state index in [4.69, 9.17) is 0 Å². The molecule has 5 nitrogen and oxygen atoms in total. The standard InChI is InChI=1S/C14H16N2O3/c1-8-5-6-10(7-9(8)2)16-12(18)14(3,4)11(17)15-13(16)19/h5-7H,1-4H3,(H,15,17,19). The lowest BCUT2D eigenvalue weighted by Crippen LogP contribution is -2.62. The van der Waals surface area contributed by atoms with E-state index in [2.05, 4.69) is 5.32 Å². The summed E-state index contributed by atoms with van der Waals surface area (Å²) in [6.45, 7) is 6.86. The van der Waals surface area contributed by atoms with Crippen LogP contribution in [0.25, 0.3) is 0 Å². The van der Waals surface area contributed by atoms with Gasteiger partial charge in [-0.05, 0) is 51.0 Å². The van der Waals surface area contributed by atoms with Crippen LogP contribution < -0.4 is 10.2 Å². The SMILES string of the molecule is Cc1ccc(N2C(=O)NC(=O)C(C)(C)C2=O)cc1C. The summed E-state index contributed by atoms with van der Waals surface area (Å²) < 4.78 is 0. The van der Waals surface area contributed by atoms with Crippen LogP contribution in [0.3, 0.4) is 0 Å². The van der Waals surface area contributed by atoms with Crippen molar-refractivity contribution in [2.45, 2.75) is 27.7 Å². The fraction of sp³-hybridized carbons (Fsp3) is 0.357. The van der Waals surface area contributed by atoms with Crippen LogP contribution in [0.2, 0.25) is 0 Å². The first kappa shape index (κ1) is 13.3. The van der Waals surface area contributed by atoms with Crippen molar-refractivity contribution < 1.29 is 14.4 Å². The van der Waals surface area contributed by atoms with E-state index in [9.17, 15) is 14.4 Å². The number of hydrogen-bond acceptors (Lipinski definition) is 3. The minimum atomic E-state index is -1.24. The van der Waals surface area contributed by atoms with Gasteiger partial charge in [-0.1, -0.05) is 6.07 Å². The number of nitrogens with zero attached hydrogens (tertiary/aromatic N) is 1. The number of carbonyl (C=O) groups excluding carboxylic acids is 3. The molecule has 2 rings (SSSR count). The molecule has 5 heteroatoms. The highest BCUT2D eigenvalue weighted by atomic mass is 16.2. The van der Waals surface area contributed by atoms with E-state index >= 15 is 0 Å². The largest absolute Gasteiger partial charge is 0.335 e. The topological polar surface area (TPSA) is 66.5 Å². The highest BCUT2D eigenvalue weighted by molar-refractivity contribution is 6.29. The zero-order chi connectivity index (χ0) is 14.4. The van der Waals surface area contributed by atoms with Crippen LogP contribution in [0.1, 0.15) is 25.0 Å². The van der Waals surface area contributed by atoms with Gasteiger partial charge in [0.1, 0.15) is 5.41 Å². The molecule has 1 aromatic carbocycles. The van der Waals surface area contributed by atoms with Gasteiger partial charge in [0.25, 0.3) is 0 Å². The molecule has 0 spiro atoms. The van der Waals surface area contributed by atoms with Crippen LogP contribution in [-0.2, 0) is 9.59 Å². The van der Waals surface area contributed by atoms with Gasteiger partial charge in [0.2, 0.25) is 11.8 Å². The smallest absolute Gasteiger partial charge is 0.276 e. The second-order valence-corrected chi connectivity index (χ2v) is 5.29. The molecule has 1 N–H and O–H groups in total. The molecule has 0 unspecified atom stereocenters. The number of benzene rings is 1. The van der Waals surface area contributed by atoms with E-state index in [1.165, 1.54) is 13.8 Å². The van der Waals surface area contributed by atoms with Crippen LogP contribution in [-0.4, -0.2) is 17.8 Å². The lowest BCUT2D eigenvalue weighted by molar-refractivity contribution is -0.140. The Balaban J connectivity index is 2.48. The van der Waals surface area contributed by atoms with E-state index in [-0.39, 0.29) is 0 Å². The van der Waals surface area contributed by atoms with E-state index in [1.807, 2.05) is 19.9 Å². The molecule has 1 saturated heterocycles. The summed E-state index contributed by atoms with van der Waals surface area (Å²) in [6.07, 6.45) is 0. The summed E-state index contributed by atoms with van der Waals surface area (Å²) in [5.74, 6) is -1.08. The summed E-state index contributed by atoms with van der Waals surface area (Å²) >= 11 is 0. The minimum absolute atomic E-state index is 0.478. The summed E-state index contributed by atoms with van der Waals surface area (Å²) in [5.41, 5.74) is 1.29. The Bertz CT molecular complexity index is 590. The van der Waals surface area contributed by atoms with Gasteiger partial charge >= 0.3 is 6.03 Å². The fourth-order valence-electron chi connectivity index (χ4n) is 1.88. The molecule has 0 atom stereocenters. The molecule has 1 aromatic rings. The molecular formula is C14H16N2O3. The molecule has 4 amide bonds. The van der Waals surface area contributed by atoms with Crippen molar-refractivity contribution in [3.63, 3.8) is 0 Å². The molecule has 1 aliphatic rings. The summed E-state index contributed by atoms with van der Waals surface area (Å²) in [5, 5.41) is 2.21. The average Bonchev–Trinajstić information content (AvgIpc) is 2.32. The molecular weight excluding hydrogens is 244 g/mol. The van der Waals surface area contributed by atoms with Crippen LogP contribution in [0.15, 0.2) is 18.2 Å². The van der Waals surface area contributed by atoms with Crippen molar-refractivity contribution in [3.05, 3.63) is 29.3 Å². The van der Waals surface area contributed by atoms with Gasteiger partial charge in [0, 0.05) is 0 Å². The maximum absolute atomic E-state index is 12.3. The number of urea groups is 1. The molecule has 1 heterocycles. The third kappa shape index (κ3) is 2.01. The molecule has 1 fully saturated rings. The lowest BCUT2D eigenvalue weighted by Gasteiger charge is -2.34. The normalized spacial score (nSPS) is 18.5. The number of rotatable bonds is 1. The predicted molar refractivity (Wildman–Crippen MR) is 70.7 cm³/mol. The van der Waals surface area contributed by atoms with Crippen LogP contribution in [0.5, 0.6) is 0 Å². The molecule has 100 valence electrons. The minimum Gasteiger partial charge on any atom is -0.276 e. The van der Waals surface area contributed by atoms with Crippen LogP contribution in [0.4, 0.5) is 10.5 Å². The van der Waals surface area contributed by atoms with Gasteiger partial charge < -0.3 is 0 Å². The average molecular weight is 260 g/mol. The number of imide groups is 2. The second kappa shape index (κ2) is 4.19. The first-order valence-corrected chi connectivity index (χ1v) is 6.02. The number of barbiturate groups is 1.